The molecule has 0 unspecified atom stereocenters. The number of carboxylic acids is 1. The van der Waals surface area contributed by atoms with E-state index in [4.69, 9.17) is 0 Å². The third-order valence-electron chi connectivity index (χ3n) is 3.87. The summed E-state index contributed by atoms with van der Waals surface area (Å²) < 4.78 is 0. The molecular formula is C11H19NO2. The minimum atomic E-state index is -0.623. The molecule has 1 heterocycles. The van der Waals surface area contributed by atoms with Gasteiger partial charge in [0, 0.05) is 0 Å². The van der Waals surface area contributed by atoms with Gasteiger partial charge < -0.3 is 10.4 Å². The Morgan fingerprint density at radius 3 is 2.43 bits per heavy atom. The molecule has 2 fully saturated rings. The summed E-state index contributed by atoms with van der Waals surface area (Å²) in [7, 11) is 0. The number of aliphatic carboxylic acids is 1. The van der Waals surface area contributed by atoms with Gasteiger partial charge in [-0.1, -0.05) is 19.3 Å². The van der Waals surface area contributed by atoms with Gasteiger partial charge in [-0.25, -0.2) is 0 Å². The first-order valence-corrected chi connectivity index (χ1v) is 5.74. The quantitative estimate of drug-likeness (QED) is 0.709. The Labute approximate surface area is 84.9 Å². The number of hydrogen-bond donors (Lipinski definition) is 2. The fourth-order valence-electron chi connectivity index (χ4n) is 3.07. The van der Waals surface area contributed by atoms with Crippen molar-refractivity contribution in [1.29, 1.82) is 0 Å². The highest BCUT2D eigenvalue weighted by Gasteiger charge is 2.47. The van der Waals surface area contributed by atoms with Crippen LogP contribution in [-0.2, 0) is 4.79 Å². The van der Waals surface area contributed by atoms with E-state index < -0.39 is 11.5 Å². The molecular weight excluding hydrogens is 178 g/mol. The molecule has 0 spiro atoms. The van der Waals surface area contributed by atoms with Crippen molar-refractivity contribution in [2.75, 3.05) is 6.54 Å². The number of rotatable bonds is 2. The Hall–Kier alpha value is -0.570. The SMILES string of the molecule is O=C(O)[C@]1(C2CCCCC2)CCCN1. The third-order valence-corrected chi connectivity index (χ3v) is 3.87. The van der Waals surface area contributed by atoms with Crippen molar-refractivity contribution in [3.63, 3.8) is 0 Å². The molecule has 3 heteroatoms. The fourth-order valence-corrected chi connectivity index (χ4v) is 3.07. The molecule has 1 aliphatic carbocycles. The number of hydrogen-bond acceptors (Lipinski definition) is 2. The molecule has 2 rings (SSSR count). The van der Waals surface area contributed by atoms with Crippen LogP contribution in [0.5, 0.6) is 0 Å². The standard InChI is InChI=1S/C11H19NO2/c13-10(14)11(7-4-8-12-11)9-5-2-1-3-6-9/h9,12H,1-8H2,(H,13,14)/t11-/m1/s1. The zero-order valence-corrected chi connectivity index (χ0v) is 8.59. The van der Waals surface area contributed by atoms with E-state index in [-0.39, 0.29) is 0 Å². The van der Waals surface area contributed by atoms with Gasteiger partial charge in [-0.2, -0.15) is 0 Å². The van der Waals surface area contributed by atoms with Crippen LogP contribution in [0.3, 0.4) is 0 Å². The highest BCUT2D eigenvalue weighted by molar-refractivity contribution is 5.79. The zero-order chi connectivity index (χ0) is 10.0. The third kappa shape index (κ3) is 1.54. The average Bonchev–Trinajstić information content (AvgIpc) is 2.69. The summed E-state index contributed by atoms with van der Waals surface area (Å²) in [6, 6.07) is 0. The summed E-state index contributed by atoms with van der Waals surface area (Å²) in [4.78, 5) is 11.4. The van der Waals surface area contributed by atoms with Gasteiger partial charge in [0.05, 0.1) is 0 Å². The molecule has 0 amide bonds. The normalized spacial score (nSPS) is 34.6. The summed E-state index contributed by atoms with van der Waals surface area (Å²) in [5.41, 5.74) is -0.569. The largest absolute Gasteiger partial charge is 0.480 e. The summed E-state index contributed by atoms with van der Waals surface area (Å²) in [6.45, 7) is 0.878. The van der Waals surface area contributed by atoms with Gasteiger partial charge >= 0.3 is 5.97 Å². The van der Waals surface area contributed by atoms with Crippen molar-refractivity contribution in [3.8, 4) is 0 Å². The van der Waals surface area contributed by atoms with Crippen molar-refractivity contribution in [3.05, 3.63) is 0 Å². The van der Waals surface area contributed by atoms with E-state index >= 15 is 0 Å². The molecule has 1 saturated carbocycles. The van der Waals surface area contributed by atoms with Crippen LogP contribution in [0.2, 0.25) is 0 Å². The second kappa shape index (κ2) is 3.89. The Bertz CT molecular complexity index is 215. The van der Waals surface area contributed by atoms with E-state index in [0.29, 0.717) is 5.92 Å². The number of nitrogens with one attached hydrogen (secondary N) is 1. The van der Waals surface area contributed by atoms with Gasteiger partial charge in [0.15, 0.2) is 0 Å². The lowest BCUT2D eigenvalue weighted by Crippen LogP contribution is -2.54. The van der Waals surface area contributed by atoms with Crippen molar-refractivity contribution in [2.45, 2.75) is 50.5 Å². The molecule has 0 aromatic rings. The maximum atomic E-state index is 11.4. The van der Waals surface area contributed by atoms with E-state index in [9.17, 15) is 9.90 Å². The first-order valence-electron chi connectivity index (χ1n) is 5.74. The molecule has 3 nitrogen and oxygen atoms in total. The molecule has 0 aromatic heterocycles. The van der Waals surface area contributed by atoms with E-state index in [1.165, 1.54) is 19.3 Å². The first-order chi connectivity index (χ1) is 6.76. The maximum Gasteiger partial charge on any atom is 0.324 e. The minimum Gasteiger partial charge on any atom is -0.480 e. The molecule has 0 aromatic carbocycles. The molecule has 0 bridgehead atoms. The highest BCUT2D eigenvalue weighted by atomic mass is 16.4. The first kappa shape index (κ1) is 9.97. The molecule has 1 aliphatic heterocycles. The second-order valence-electron chi connectivity index (χ2n) is 4.64. The van der Waals surface area contributed by atoms with Crippen LogP contribution in [0.15, 0.2) is 0 Å². The van der Waals surface area contributed by atoms with Crippen molar-refractivity contribution in [1.82, 2.24) is 5.32 Å². The van der Waals surface area contributed by atoms with Crippen LogP contribution in [-0.4, -0.2) is 23.2 Å². The summed E-state index contributed by atoms with van der Waals surface area (Å²) in [6.07, 6.45) is 7.74. The Morgan fingerprint density at radius 2 is 1.93 bits per heavy atom. The molecule has 1 saturated heterocycles. The highest BCUT2D eigenvalue weighted by Crippen LogP contribution is 2.37. The van der Waals surface area contributed by atoms with Crippen molar-refractivity contribution in [2.24, 2.45) is 5.92 Å². The summed E-state index contributed by atoms with van der Waals surface area (Å²) in [5, 5.41) is 12.6. The predicted octanol–water partition coefficient (Wildman–Crippen LogP) is 1.77. The monoisotopic (exact) mass is 197 g/mol. The van der Waals surface area contributed by atoms with Crippen molar-refractivity contribution < 1.29 is 9.90 Å². The Kier molecular flexibility index (Phi) is 2.77. The van der Waals surface area contributed by atoms with Gasteiger partial charge in [-0.15, -0.1) is 0 Å². The van der Waals surface area contributed by atoms with Crippen LogP contribution < -0.4 is 5.32 Å². The van der Waals surface area contributed by atoms with Crippen LogP contribution in [0.25, 0.3) is 0 Å². The second-order valence-corrected chi connectivity index (χ2v) is 4.64. The van der Waals surface area contributed by atoms with E-state index in [1.807, 2.05) is 0 Å². The smallest absolute Gasteiger partial charge is 0.324 e. The predicted molar refractivity (Wildman–Crippen MR) is 54.2 cm³/mol. The zero-order valence-electron chi connectivity index (χ0n) is 8.59. The molecule has 2 aliphatic rings. The Balaban J connectivity index is 2.12. The lowest BCUT2D eigenvalue weighted by Gasteiger charge is -2.36. The topological polar surface area (TPSA) is 49.3 Å². The van der Waals surface area contributed by atoms with E-state index in [1.54, 1.807) is 0 Å². The van der Waals surface area contributed by atoms with Crippen LogP contribution in [0.1, 0.15) is 44.9 Å². The van der Waals surface area contributed by atoms with Gasteiger partial charge in [0.2, 0.25) is 0 Å². The van der Waals surface area contributed by atoms with Crippen LogP contribution >= 0.6 is 0 Å². The van der Waals surface area contributed by atoms with Gasteiger partial charge in [0.1, 0.15) is 5.54 Å². The van der Waals surface area contributed by atoms with Crippen molar-refractivity contribution >= 4 is 5.97 Å². The summed E-state index contributed by atoms with van der Waals surface area (Å²) in [5.74, 6) is -0.252. The van der Waals surface area contributed by atoms with Crippen LogP contribution in [0, 0.1) is 5.92 Å². The van der Waals surface area contributed by atoms with E-state index in [0.717, 1.165) is 32.2 Å². The number of carboxylic acid groups (broad SMARTS) is 1. The lowest BCUT2D eigenvalue weighted by molar-refractivity contribution is -0.147. The van der Waals surface area contributed by atoms with Crippen LogP contribution in [0.4, 0.5) is 0 Å². The van der Waals surface area contributed by atoms with Gasteiger partial charge in [-0.3, -0.25) is 4.79 Å². The van der Waals surface area contributed by atoms with Gasteiger partial charge in [-0.05, 0) is 38.1 Å². The molecule has 14 heavy (non-hydrogen) atoms. The lowest BCUT2D eigenvalue weighted by atomic mass is 9.74. The van der Waals surface area contributed by atoms with E-state index in [2.05, 4.69) is 5.32 Å². The molecule has 80 valence electrons. The summed E-state index contributed by atoms with van der Waals surface area (Å²) >= 11 is 0. The Morgan fingerprint density at radius 1 is 1.21 bits per heavy atom. The average molecular weight is 197 g/mol. The molecule has 2 N–H and O–H groups in total. The van der Waals surface area contributed by atoms with Gasteiger partial charge in [0.25, 0.3) is 0 Å². The molecule has 1 atom stereocenters. The molecule has 0 radical (unpaired) electrons. The maximum absolute atomic E-state index is 11.4. The fraction of sp³-hybridized carbons (Fsp3) is 0.909. The number of carbonyl (C=O) groups is 1. The minimum absolute atomic E-state index is 0.372.